The summed E-state index contributed by atoms with van der Waals surface area (Å²) in [6, 6.07) is 0.771. The molecule has 0 atom stereocenters. The van der Waals surface area contributed by atoms with Gasteiger partial charge in [-0.25, -0.2) is 0 Å². The zero-order valence-corrected chi connectivity index (χ0v) is 11.5. The van der Waals surface area contributed by atoms with Crippen molar-refractivity contribution in [3.8, 4) is 0 Å². The maximum atomic E-state index is 11.4. The zero-order valence-electron chi connectivity index (χ0n) is 11.5. The Morgan fingerprint density at radius 1 is 1.19 bits per heavy atom. The fourth-order valence-corrected chi connectivity index (χ4v) is 2.43. The van der Waals surface area contributed by atoms with Crippen LogP contribution < -0.4 is 10.6 Å². The van der Waals surface area contributed by atoms with Crippen molar-refractivity contribution in [1.82, 2.24) is 10.6 Å². The lowest BCUT2D eigenvalue weighted by Crippen LogP contribution is -2.33. The van der Waals surface area contributed by atoms with Gasteiger partial charge in [-0.3, -0.25) is 4.79 Å². The van der Waals surface area contributed by atoms with Gasteiger partial charge < -0.3 is 10.6 Å². The molecule has 0 heterocycles. The first-order valence-electron chi connectivity index (χ1n) is 6.22. The minimum atomic E-state index is 0.138. The molecule has 3 heteroatoms. The summed E-state index contributed by atoms with van der Waals surface area (Å²) in [6.07, 6.45) is 0.570. The molecule has 0 spiro atoms. The average molecular weight is 226 g/mol. The van der Waals surface area contributed by atoms with Crippen LogP contribution in [0.3, 0.4) is 0 Å². The van der Waals surface area contributed by atoms with E-state index in [-0.39, 0.29) is 11.9 Å². The highest BCUT2D eigenvalue weighted by Crippen LogP contribution is 2.62. The van der Waals surface area contributed by atoms with E-state index in [1.165, 1.54) is 0 Å². The molecule has 0 unspecified atom stereocenters. The Morgan fingerprint density at radius 3 is 2.06 bits per heavy atom. The molecule has 1 saturated carbocycles. The van der Waals surface area contributed by atoms with Crippen molar-refractivity contribution in [1.29, 1.82) is 0 Å². The van der Waals surface area contributed by atoms with E-state index in [9.17, 15) is 4.79 Å². The first-order chi connectivity index (χ1) is 7.19. The number of amides is 1. The van der Waals surface area contributed by atoms with Gasteiger partial charge in [-0.15, -0.1) is 0 Å². The molecule has 1 rings (SSSR count). The Bertz CT molecular complexity index is 255. The summed E-state index contributed by atoms with van der Waals surface area (Å²) >= 11 is 0. The summed E-state index contributed by atoms with van der Waals surface area (Å²) in [5.41, 5.74) is 0.697. The fourth-order valence-electron chi connectivity index (χ4n) is 2.43. The van der Waals surface area contributed by atoms with Crippen LogP contribution in [-0.4, -0.2) is 24.5 Å². The lowest BCUT2D eigenvalue weighted by molar-refractivity contribution is -0.121. The quantitative estimate of drug-likeness (QED) is 0.752. The Kier molecular flexibility index (Phi) is 3.68. The van der Waals surface area contributed by atoms with Gasteiger partial charge in [-0.2, -0.15) is 0 Å². The molecule has 1 fully saturated rings. The van der Waals surface area contributed by atoms with Crippen LogP contribution in [0, 0.1) is 10.8 Å². The van der Waals surface area contributed by atoms with Gasteiger partial charge in [-0.05, 0) is 24.7 Å². The second kappa shape index (κ2) is 4.36. The van der Waals surface area contributed by atoms with Gasteiger partial charge in [0.2, 0.25) is 5.91 Å². The van der Waals surface area contributed by atoms with Crippen LogP contribution in [-0.2, 0) is 4.79 Å². The molecular formula is C13H26N2O. The molecule has 0 bridgehead atoms. The topological polar surface area (TPSA) is 41.1 Å². The highest BCUT2D eigenvalue weighted by molar-refractivity contribution is 5.76. The number of rotatable bonds is 5. The van der Waals surface area contributed by atoms with Gasteiger partial charge in [0.1, 0.15) is 0 Å². The molecule has 16 heavy (non-hydrogen) atoms. The predicted molar refractivity (Wildman–Crippen MR) is 67.2 cm³/mol. The molecule has 0 saturated heterocycles. The first-order valence-corrected chi connectivity index (χ1v) is 6.22. The minimum absolute atomic E-state index is 0.138. The predicted octanol–water partition coefficient (Wildman–Crippen LogP) is 1.93. The Morgan fingerprint density at radius 2 is 1.69 bits per heavy atom. The Labute approximate surface area is 99.4 Å². The third kappa shape index (κ3) is 2.57. The smallest absolute Gasteiger partial charge is 0.221 e. The van der Waals surface area contributed by atoms with Gasteiger partial charge in [-0.1, -0.05) is 27.7 Å². The molecule has 1 amide bonds. The van der Waals surface area contributed by atoms with Crippen molar-refractivity contribution in [2.24, 2.45) is 10.8 Å². The maximum Gasteiger partial charge on any atom is 0.221 e. The highest BCUT2D eigenvalue weighted by atomic mass is 16.1. The Hall–Kier alpha value is -0.570. The number of carbonyl (C=O) groups is 1. The molecule has 0 aromatic heterocycles. The monoisotopic (exact) mass is 226 g/mol. The van der Waals surface area contributed by atoms with Crippen LogP contribution in [0.15, 0.2) is 0 Å². The molecule has 3 nitrogen and oxygen atoms in total. The van der Waals surface area contributed by atoms with Crippen LogP contribution in [0.25, 0.3) is 0 Å². The second-order valence-electron chi connectivity index (χ2n) is 6.30. The van der Waals surface area contributed by atoms with Crippen LogP contribution in [0.1, 0.15) is 48.0 Å². The average Bonchev–Trinajstić information content (AvgIpc) is 2.45. The van der Waals surface area contributed by atoms with Crippen molar-refractivity contribution in [2.45, 2.75) is 60.0 Å². The SMILES string of the molecule is CC(C)NC(=O)CCNC1C(C)(C)C1(C)C. The molecular weight excluding hydrogens is 200 g/mol. The van der Waals surface area contributed by atoms with Crippen molar-refractivity contribution in [2.75, 3.05) is 6.54 Å². The molecule has 0 aromatic carbocycles. The van der Waals surface area contributed by atoms with E-state index in [2.05, 4.69) is 38.3 Å². The summed E-state index contributed by atoms with van der Waals surface area (Å²) < 4.78 is 0. The van der Waals surface area contributed by atoms with E-state index in [0.717, 1.165) is 6.54 Å². The number of carbonyl (C=O) groups excluding carboxylic acids is 1. The highest BCUT2D eigenvalue weighted by Gasteiger charge is 2.64. The maximum absolute atomic E-state index is 11.4. The van der Waals surface area contributed by atoms with E-state index >= 15 is 0 Å². The molecule has 0 radical (unpaired) electrons. The minimum Gasteiger partial charge on any atom is -0.354 e. The van der Waals surface area contributed by atoms with Gasteiger partial charge in [0.05, 0.1) is 0 Å². The largest absolute Gasteiger partial charge is 0.354 e. The third-order valence-electron chi connectivity index (χ3n) is 4.17. The van der Waals surface area contributed by atoms with Crippen LogP contribution in [0.5, 0.6) is 0 Å². The molecule has 94 valence electrons. The van der Waals surface area contributed by atoms with E-state index in [0.29, 0.717) is 23.3 Å². The van der Waals surface area contributed by atoms with Crippen LogP contribution in [0.4, 0.5) is 0 Å². The molecule has 0 aliphatic heterocycles. The zero-order chi connectivity index (χ0) is 12.6. The fraction of sp³-hybridized carbons (Fsp3) is 0.923. The van der Waals surface area contributed by atoms with Gasteiger partial charge in [0.25, 0.3) is 0 Å². The normalized spacial score (nSPS) is 22.2. The summed E-state index contributed by atoms with van der Waals surface area (Å²) in [5, 5.41) is 6.38. The van der Waals surface area contributed by atoms with Crippen molar-refractivity contribution in [3.63, 3.8) is 0 Å². The van der Waals surface area contributed by atoms with Gasteiger partial charge in [0, 0.05) is 25.0 Å². The lowest BCUT2D eigenvalue weighted by atomic mass is 10.0. The standard InChI is InChI=1S/C13H26N2O/c1-9(2)15-10(16)7-8-14-11-12(3,4)13(11,5)6/h9,11,14H,7-8H2,1-6H3,(H,15,16). The number of nitrogens with one attached hydrogen (secondary N) is 2. The van der Waals surface area contributed by atoms with Crippen LogP contribution >= 0.6 is 0 Å². The van der Waals surface area contributed by atoms with Crippen molar-refractivity contribution >= 4 is 5.91 Å². The van der Waals surface area contributed by atoms with Gasteiger partial charge >= 0.3 is 0 Å². The number of hydrogen-bond donors (Lipinski definition) is 2. The van der Waals surface area contributed by atoms with Crippen molar-refractivity contribution in [3.05, 3.63) is 0 Å². The van der Waals surface area contributed by atoms with Crippen molar-refractivity contribution < 1.29 is 4.79 Å². The molecule has 1 aliphatic carbocycles. The number of hydrogen-bond acceptors (Lipinski definition) is 2. The Balaban J connectivity index is 2.21. The molecule has 1 aliphatic rings. The molecule has 2 N–H and O–H groups in total. The van der Waals surface area contributed by atoms with Gasteiger partial charge in [0.15, 0.2) is 0 Å². The van der Waals surface area contributed by atoms with E-state index in [1.54, 1.807) is 0 Å². The van der Waals surface area contributed by atoms with E-state index in [4.69, 9.17) is 0 Å². The van der Waals surface area contributed by atoms with E-state index in [1.807, 2.05) is 13.8 Å². The third-order valence-corrected chi connectivity index (χ3v) is 4.17. The summed E-state index contributed by atoms with van der Waals surface area (Å²) in [5.74, 6) is 0.138. The lowest BCUT2D eigenvalue weighted by Gasteiger charge is -2.09. The molecule has 0 aromatic rings. The summed E-state index contributed by atoms with van der Waals surface area (Å²) in [4.78, 5) is 11.4. The van der Waals surface area contributed by atoms with E-state index < -0.39 is 0 Å². The second-order valence-corrected chi connectivity index (χ2v) is 6.30. The first kappa shape index (κ1) is 13.5. The van der Waals surface area contributed by atoms with Crippen LogP contribution in [0.2, 0.25) is 0 Å². The summed E-state index contributed by atoms with van der Waals surface area (Å²) in [7, 11) is 0. The summed E-state index contributed by atoms with van der Waals surface area (Å²) in [6.45, 7) is 13.8.